The number of amides is 1. The fourth-order valence-corrected chi connectivity index (χ4v) is 9.17. The highest BCUT2D eigenvalue weighted by atomic mass is 32.1. The number of nitrogens with zero attached hydrogens (tertiary/aromatic N) is 1. The lowest BCUT2D eigenvalue weighted by atomic mass is 9.40. The summed E-state index contributed by atoms with van der Waals surface area (Å²) in [5.41, 5.74) is 7.91. The van der Waals surface area contributed by atoms with Crippen LogP contribution in [0.15, 0.2) is 102 Å². The monoisotopic (exact) mass is 585 g/mol. The van der Waals surface area contributed by atoms with Crippen LogP contribution in [0.4, 0.5) is 10.8 Å². The van der Waals surface area contributed by atoms with E-state index in [1.807, 2.05) is 55.5 Å². The second-order valence-corrected chi connectivity index (χ2v) is 13.8. The lowest BCUT2D eigenvalue weighted by Gasteiger charge is -2.64. The Bertz CT molecular complexity index is 1740. The number of allylic oxidation sites excluding steroid dienone is 4. The first-order valence-electron chi connectivity index (χ1n) is 15.5. The van der Waals surface area contributed by atoms with Gasteiger partial charge in [-0.2, -0.15) is 0 Å². The maximum Gasteiger partial charge on any atom is 0.255 e. The molecule has 0 saturated heterocycles. The Labute approximate surface area is 259 Å². The number of hydrogen-bond donors (Lipinski definition) is 2. The van der Waals surface area contributed by atoms with Crippen LogP contribution in [-0.4, -0.2) is 17.4 Å². The molecule has 0 bridgehead atoms. The quantitative estimate of drug-likeness (QED) is 0.237. The molecular weight excluding hydrogens is 547 g/mol. The molecule has 5 unspecified atom stereocenters. The zero-order chi connectivity index (χ0) is 29.6. The third-order valence-corrected chi connectivity index (χ3v) is 11.2. The predicted octanol–water partition coefficient (Wildman–Crippen LogP) is 9.60. The van der Waals surface area contributed by atoms with E-state index >= 15 is 0 Å². The van der Waals surface area contributed by atoms with Crippen LogP contribution >= 0.6 is 11.3 Å². The number of carbonyl (C=O) groups excluding carboxylic acids is 1. The third kappa shape index (κ3) is 4.75. The van der Waals surface area contributed by atoms with Crippen LogP contribution in [0.2, 0.25) is 0 Å². The van der Waals surface area contributed by atoms with E-state index in [4.69, 9.17) is 4.98 Å². The first kappa shape index (κ1) is 27.8. The molecule has 0 aliphatic heterocycles. The minimum atomic E-state index is -0.117. The summed E-state index contributed by atoms with van der Waals surface area (Å²) in [5.74, 6) is 1.50. The summed E-state index contributed by atoms with van der Waals surface area (Å²) in [5, 5.41) is 9.83. The number of thiazole rings is 1. The van der Waals surface area contributed by atoms with Crippen LogP contribution in [0, 0.1) is 23.7 Å². The molecule has 218 valence electrons. The van der Waals surface area contributed by atoms with Crippen molar-refractivity contribution in [3.05, 3.63) is 125 Å². The van der Waals surface area contributed by atoms with Gasteiger partial charge in [0, 0.05) is 28.7 Å². The fourth-order valence-electron chi connectivity index (χ4n) is 8.45. The van der Waals surface area contributed by atoms with Crippen LogP contribution < -0.4 is 10.6 Å². The van der Waals surface area contributed by atoms with E-state index in [2.05, 4.69) is 78.4 Å². The highest BCUT2D eigenvalue weighted by Crippen LogP contribution is 2.78. The van der Waals surface area contributed by atoms with E-state index in [-0.39, 0.29) is 16.7 Å². The Morgan fingerprint density at radius 1 is 1.02 bits per heavy atom. The van der Waals surface area contributed by atoms with Crippen LogP contribution in [-0.2, 0) is 0 Å². The number of nitrogens with one attached hydrogen (secondary N) is 2. The molecule has 7 rings (SSSR count). The predicted molar refractivity (Wildman–Crippen MR) is 179 cm³/mol. The summed E-state index contributed by atoms with van der Waals surface area (Å²) < 4.78 is 0. The van der Waals surface area contributed by atoms with Gasteiger partial charge in [-0.3, -0.25) is 4.79 Å². The average molecular weight is 586 g/mol. The number of aromatic nitrogens is 1. The molecule has 3 aliphatic carbocycles. The van der Waals surface area contributed by atoms with Crippen LogP contribution in [0.1, 0.15) is 72.0 Å². The molecule has 43 heavy (non-hydrogen) atoms. The van der Waals surface area contributed by atoms with Gasteiger partial charge < -0.3 is 10.6 Å². The normalized spacial score (nSPS) is 28.6. The topological polar surface area (TPSA) is 54.0 Å². The van der Waals surface area contributed by atoms with Gasteiger partial charge in [0.2, 0.25) is 0 Å². The summed E-state index contributed by atoms with van der Waals surface area (Å²) in [6.45, 7) is 7.85. The summed E-state index contributed by atoms with van der Waals surface area (Å²) in [7, 11) is 0. The third-order valence-electron chi connectivity index (χ3n) is 10.4. The first-order chi connectivity index (χ1) is 20.9. The molecule has 3 aliphatic rings. The van der Waals surface area contributed by atoms with Crippen molar-refractivity contribution >= 4 is 28.1 Å². The van der Waals surface area contributed by atoms with Gasteiger partial charge in [0.05, 0.1) is 5.69 Å². The lowest BCUT2D eigenvalue weighted by Crippen LogP contribution is -2.59. The molecule has 4 nitrogen and oxygen atoms in total. The van der Waals surface area contributed by atoms with E-state index in [0.717, 1.165) is 40.6 Å². The van der Waals surface area contributed by atoms with Crippen molar-refractivity contribution < 1.29 is 4.79 Å². The molecule has 1 amide bonds. The number of carbonyl (C=O) groups is 1. The number of hydrogen-bond acceptors (Lipinski definition) is 4. The number of rotatable bonds is 6. The first-order valence-corrected chi connectivity index (χ1v) is 16.4. The van der Waals surface area contributed by atoms with Gasteiger partial charge in [0.1, 0.15) is 0 Å². The molecular formula is C38H39N3OS. The molecule has 5 atom stereocenters. The van der Waals surface area contributed by atoms with Crippen molar-refractivity contribution in [1.82, 2.24) is 4.98 Å². The van der Waals surface area contributed by atoms with Crippen molar-refractivity contribution in [3.63, 3.8) is 0 Å². The maximum absolute atomic E-state index is 13.0. The Hall–Kier alpha value is -3.96. The lowest BCUT2D eigenvalue weighted by molar-refractivity contribution is -0.106. The van der Waals surface area contributed by atoms with Gasteiger partial charge in [0.25, 0.3) is 5.91 Å². The summed E-state index contributed by atoms with van der Waals surface area (Å²) in [6, 6.07) is 24.8. The van der Waals surface area contributed by atoms with Crippen LogP contribution in [0.5, 0.6) is 0 Å². The Kier molecular flexibility index (Phi) is 7.09. The molecule has 5 heteroatoms. The molecule has 1 heterocycles. The fraction of sp³-hybridized carbons (Fsp3) is 0.316. The Balaban J connectivity index is 1.10. The number of anilines is 2. The van der Waals surface area contributed by atoms with Gasteiger partial charge in [-0.15, -0.1) is 11.3 Å². The molecule has 3 aromatic carbocycles. The molecule has 1 aromatic heterocycles. The van der Waals surface area contributed by atoms with Crippen molar-refractivity contribution in [2.24, 2.45) is 16.7 Å². The van der Waals surface area contributed by atoms with E-state index in [1.54, 1.807) is 22.5 Å². The number of benzene rings is 3. The second kappa shape index (κ2) is 10.9. The largest absolute Gasteiger partial charge is 0.361 e. The molecule has 1 saturated carbocycles. The highest BCUT2D eigenvalue weighted by Gasteiger charge is 2.69. The van der Waals surface area contributed by atoms with Gasteiger partial charge >= 0.3 is 0 Å². The second-order valence-electron chi connectivity index (χ2n) is 13.0. The van der Waals surface area contributed by atoms with E-state index in [0.29, 0.717) is 23.3 Å². The molecule has 1 spiro atoms. The van der Waals surface area contributed by atoms with E-state index in [9.17, 15) is 4.79 Å². The smallest absolute Gasteiger partial charge is 0.255 e. The number of fused-ring (bicyclic) bond motifs is 3. The highest BCUT2D eigenvalue weighted by molar-refractivity contribution is 7.14. The average Bonchev–Trinajstić information content (AvgIpc) is 3.59. The van der Waals surface area contributed by atoms with Gasteiger partial charge in [-0.1, -0.05) is 86.7 Å². The minimum absolute atomic E-state index is 0.117. The zero-order valence-electron chi connectivity index (χ0n) is 25.1. The maximum atomic E-state index is 13.0. The summed E-state index contributed by atoms with van der Waals surface area (Å²) >= 11 is 1.64. The van der Waals surface area contributed by atoms with Crippen molar-refractivity contribution in [1.29, 1.82) is 0 Å². The van der Waals surface area contributed by atoms with Crippen LogP contribution in [0.25, 0.3) is 11.3 Å². The van der Waals surface area contributed by atoms with E-state index in [1.165, 1.54) is 12.8 Å². The standard InChI is InChI=1S/C38H39N3OS/c1-25-12-10-16-29(20-25)40-35(42)28-15-11-14-27(21-28)33-23-43-36(41-33)39-24-37(3)22-32-30-17-7-8-18-31(30)34-26(2)13-6-4-5-9-19-38(32,34)37/h4-8,10-18,20-21,23,26,32,34H,9,19,22,24H2,1-3H3,(H,39,41)(H,40,42)/b5-4-,13-6-. The SMILES string of the molecule is Cc1cccc(NC(=O)c2cccc(-c3csc(NCC4(C)CC5c6ccccc6C6C(C)/C=C\C=C/CCC564)n3)c2)c1. The Morgan fingerprint density at radius 2 is 1.86 bits per heavy atom. The van der Waals surface area contributed by atoms with Gasteiger partial charge in [-0.25, -0.2) is 4.98 Å². The molecule has 2 N–H and O–H groups in total. The van der Waals surface area contributed by atoms with Crippen molar-refractivity contribution in [2.75, 3.05) is 17.2 Å². The van der Waals surface area contributed by atoms with Crippen molar-refractivity contribution in [3.8, 4) is 11.3 Å². The summed E-state index contributed by atoms with van der Waals surface area (Å²) in [4.78, 5) is 18.0. The molecule has 1 fully saturated rings. The van der Waals surface area contributed by atoms with Crippen molar-refractivity contribution in [2.45, 2.75) is 51.9 Å². The minimum Gasteiger partial charge on any atom is -0.361 e. The van der Waals surface area contributed by atoms with Gasteiger partial charge in [-0.05, 0) is 95.7 Å². The molecule has 0 radical (unpaired) electrons. The van der Waals surface area contributed by atoms with Crippen LogP contribution in [0.3, 0.4) is 0 Å². The number of aryl methyl sites for hydroxylation is 1. The Morgan fingerprint density at radius 3 is 2.72 bits per heavy atom. The van der Waals surface area contributed by atoms with E-state index < -0.39 is 0 Å². The summed E-state index contributed by atoms with van der Waals surface area (Å²) in [6.07, 6.45) is 12.8. The van der Waals surface area contributed by atoms with Gasteiger partial charge in [0.15, 0.2) is 5.13 Å². The zero-order valence-corrected chi connectivity index (χ0v) is 26.0. The molecule has 4 aromatic rings.